The summed E-state index contributed by atoms with van der Waals surface area (Å²) in [6.07, 6.45) is 2.14. The van der Waals surface area contributed by atoms with Crippen LogP contribution >= 0.6 is 0 Å². The molecule has 0 spiro atoms. The van der Waals surface area contributed by atoms with Crippen molar-refractivity contribution in [1.82, 2.24) is 0 Å². The molecule has 1 aromatic carbocycles. The van der Waals surface area contributed by atoms with Gasteiger partial charge in [0.25, 0.3) is 0 Å². The molecule has 2 atom stereocenters. The van der Waals surface area contributed by atoms with Gasteiger partial charge in [-0.15, -0.1) is 0 Å². The molecule has 2 N–H and O–H groups in total. The molecule has 1 aliphatic heterocycles. The van der Waals surface area contributed by atoms with Gasteiger partial charge in [0, 0.05) is 12.5 Å². The van der Waals surface area contributed by atoms with E-state index in [2.05, 4.69) is 32.0 Å². The van der Waals surface area contributed by atoms with E-state index >= 15 is 0 Å². The second-order valence-corrected chi connectivity index (χ2v) is 4.38. The number of hydrogen-bond donors (Lipinski definition) is 1. The molecule has 0 aromatic heterocycles. The number of hydrogen-bond acceptors (Lipinski definition) is 2. The zero-order chi connectivity index (χ0) is 10.8. The minimum absolute atomic E-state index is 0.154. The minimum atomic E-state index is 0.154. The van der Waals surface area contributed by atoms with E-state index in [0.29, 0.717) is 5.92 Å². The van der Waals surface area contributed by atoms with Crippen LogP contribution in [0.3, 0.4) is 0 Å². The fourth-order valence-electron chi connectivity index (χ4n) is 2.00. The number of fused-ring (bicyclic) bond motifs is 1. The fourth-order valence-corrected chi connectivity index (χ4v) is 2.00. The van der Waals surface area contributed by atoms with Gasteiger partial charge in [0.15, 0.2) is 0 Å². The standard InChI is InChI=1S/C13H19NO/c1-3-9(2)13(14)11-4-5-12-10(8-11)6-7-15-12/h4-5,8-9,13H,3,6-7,14H2,1-2H3/t9?,13-/m1/s1. The molecule has 1 aliphatic rings. The summed E-state index contributed by atoms with van der Waals surface area (Å²) in [7, 11) is 0. The average molecular weight is 205 g/mol. The third-order valence-electron chi connectivity index (χ3n) is 3.36. The maximum absolute atomic E-state index is 6.20. The number of rotatable bonds is 3. The third-order valence-corrected chi connectivity index (χ3v) is 3.36. The predicted molar refractivity (Wildman–Crippen MR) is 62.0 cm³/mol. The van der Waals surface area contributed by atoms with Crippen LogP contribution in [0.25, 0.3) is 0 Å². The molecule has 2 nitrogen and oxygen atoms in total. The smallest absolute Gasteiger partial charge is 0.122 e. The summed E-state index contributed by atoms with van der Waals surface area (Å²) in [4.78, 5) is 0. The average Bonchev–Trinajstić information content (AvgIpc) is 2.73. The summed E-state index contributed by atoms with van der Waals surface area (Å²) in [6, 6.07) is 6.51. The van der Waals surface area contributed by atoms with Gasteiger partial charge in [-0.2, -0.15) is 0 Å². The molecule has 2 rings (SSSR count). The Hall–Kier alpha value is -1.02. The lowest BCUT2D eigenvalue weighted by Gasteiger charge is -2.19. The summed E-state index contributed by atoms with van der Waals surface area (Å²) in [5.74, 6) is 1.57. The Kier molecular flexibility index (Phi) is 2.96. The molecule has 0 fully saturated rings. The fraction of sp³-hybridized carbons (Fsp3) is 0.538. The predicted octanol–water partition coefficient (Wildman–Crippen LogP) is 2.67. The van der Waals surface area contributed by atoms with Crippen LogP contribution in [0.15, 0.2) is 18.2 Å². The maximum Gasteiger partial charge on any atom is 0.122 e. The second kappa shape index (κ2) is 4.23. The first-order chi connectivity index (χ1) is 7.22. The Bertz CT molecular complexity index is 348. The SMILES string of the molecule is CCC(C)[C@@H](N)c1ccc2c(c1)CCO2. The minimum Gasteiger partial charge on any atom is -0.493 e. The van der Waals surface area contributed by atoms with Crippen molar-refractivity contribution in [2.24, 2.45) is 11.7 Å². The molecule has 0 amide bonds. The first-order valence-corrected chi connectivity index (χ1v) is 5.73. The van der Waals surface area contributed by atoms with E-state index in [1.807, 2.05) is 0 Å². The van der Waals surface area contributed by atoms with Crippen molar-refractivity contribution in [3.8, 4) is 5.75 Å². The van der Waals surface area contributed by atoms with Crippen molar-refractivity contribution < 1.29 is 4.74 Å². The Balaban J connectivity index is 2.22. The van der Waals surface area contributed by atoms with Crippen molar-refractivity contribution in [2.45, 2.75) is 32.7 Å². The van der Waals surface area contributed by atoms with Crippen molar-refractivity contribution in [3.05, 3.63) is 29.3 Å². The summed E-state index contributed by atoms with van der Waals surface area (Å²) < 4.78 is 5.48. The topological polar surface area (TPSA) is 35.2 Å². The van der Waals surface area contributed by atoms with Gasteiger partial charge in [-0.1, -0.05) is 32.4 Å². The highest BCUT2D eigenvalue weighted by molar-refractivity contribution is 5.40. The molecule has 0 aliphatic carbocycles. The molecule has 2 heteroatoms. The van der Waals surface area contributed by atoms with E-state index in [1.54, 1.807) is 0 Å². The van der Waals surface area contributed by atoms with Crippen LogP contribution in [0.1, 0.15) is 37.4 Å². The maximum atomic E-state index is 6.20. The van der Waals surface area contributed by atoms with Gasteiger partial charge in [0.05, 0.1) is 6.61 Å². The molecule has 1 unspecified atom stereocenters. The Morgan fingerprint density at radius 3 is 3.00 bits per heavy atom. The number of ether oxygens (including phenoxy) is 1. The summed E-state index contributed by atoms with van der Waals surface area (Å²) in [6.45, 7) is 5.20. The van der Waals surface area contributed by atoms with Crippen LogP contribution in [-0.2, 0) is 6.42 Å². The van der Waals surface area contributed by atoms with Crippen LogP contribution in [0.2, 0.25) is 0 Å². The van der Waals surface area contributed by atoms with Gasteiger partial charge in [-0.25, -0.2) is 0 Å². The monoisotopic (exact) mass is 205 g/mol. The van der Waals surface area contributed by atoms with Crippen LogP contribution in [0.4, 0.5) is 0 Å². The van der Waals surface area contributed by atoms with Gasteiger partial charge >= 0.3 is 0 Å². The molecular weight excluding hydrogens is 186 g/mol. The van der Waals surface area contributed by atoms with Gasteiger partial charge in [0.2, 0.25) is 0 Å². The van der Waals surface area contributed by atoms with Crippen molar-refractivity contribution >= 4 is 0 Å². The summed E-state index contributed by atoms with van der Waals surface area (Å²) in [5.41, 5.74) is 8.76. The summed E-state index contributed by atoms with van der Waals surface area (Å²) in [5, 5.41) is 0. The molecule has 0 radical (unpaired) electrons. The molecule has 82 valence electrons. The van der Waals surface area contributed by atoms with Gasteiger partial charge < -0.3 is 10.5 Å². The zero-order valence-corrected chi connectivity index (χ0v) is 9.49. The van der Waals surface area contributed by atoms with E-state index < -0.39 is 0 Å². The highest BCUT2D eigenvalue weighted by Gasteiger charge is 2.17. The van der Waals surface area contributed by atoms with Crippen LogP contribution in [0.5, 0.6) is 5.75 Å². The normalized spacial score (nSPS) is 18.1. The van der Waals surface area contributed by atoms with E-state index in [1.165, 1.54) is 11.1 Å². The Labute approximate surface area is 91.4 Å². The first-order valence-electron chi connectivity index (χ1n) is 5.73. The molecule has 1 heterocycles. The largest absolute Gasteiger partial charge is 0.493 e. The lowest BCUT2D eigenvalue weighted by atomic mass is 9.92. The molecule has 1 aromatic rings. The van der Waals surface area contributed by atoms with E-state index in [0.717, 1.165) is 25.2 Å². The zero-order valence-electron chi connectivity index (χ0n) is 9.49. The van der Waals surface area contributed by atoms with Gasteiger partial charge in [0.1, 0.15) is 5.75 Å². The van der Waals surface area contributed by atoms with Crippen LogP contribution < -0.4 is 10.5 Å². The molecule has 0 saturated heterocycles. The van der Waals surface area contributed by atoms with Crippen LogP contribution in [-0.4, -0.2) is 6.61 Å². The first kappa shape index (κ1) is 10.5. The van der Waals surface area contributed by atoms with Gasteiger partial charge in [-0.05, 0) is 23.1 Å². The molecular formula is C13H19NO. The van der Waals surface area contributed by atoms with Crippen LogP contribution in [0, 0.1) is 5.92 Å². The molecule has 0 saturated carbocycles. The Morgan fingerprint density at radius 1 is 1.47 bits per heavy atom. The quantitative estimate of drug-likeness (QED) is 0.823. The van der Waals surface area contributed by atoms with E-state index in [9.17, 15) is 0 Å². The highest BCUT2D eigenvalue weighted by atomic mass is 16.5. The van der Waals surface area contributed by atoms with Crippen molar-refractivity contribution in [3.63, 3.8) is 0 Å². The van der Waals surface area contributed by atoms with Crippen molar-refractivity contribution in [1.29, 1.82) is 0 Å². The number of nitrogens with two attached hydrogens (primary N) is 1. The summed E-state index contributed by atoms with van der Waals surface area (Å²) >= 11 is 0. The lowest BCUT2D eigenvalue weighted by molar-refractivity contribution is 0.356. The van der Waals surface area contributed by atoms with E-state index in [-0.39, 0.29) is 6.04 Å². The molecule has 15 heavy (non-hydrogen) atoms. The van der Waals surface area contributed by atoms with E-state index in [4.69, 9.17) is 10.5 Å². The van der Waals surface area contributed by atoms with Gasteiger partial charge in [-0.3, -0.25) is 0 Å². The highest BCUT2D eigenvalue weighted by Crippen LogP contribution is 2.30. The Morgan fingerprint density at radius 2 is 2.27 bits per heavy atom. The third kappa shape index (κ3) is 2.00. The lowest BCUT2D eigenvalue weighted by Crippen LogP contribution is -2.18. The van der Waals surface area contributed by atoms with Crippen molar-refractivity contribution in [2.75, 3.05) is 6.61 Å². The second-order valence-electron chi connectivity index (χ2n) is 4.38. The number of benzene rings is 1. The molecule has 0 bridgehead atoms.